The third-order valence-electron chi connectivity index (χ3n) is 4.89. The van der Waals surface area contributed by atoms with Crippen molar-refractivity contribution in [2.24, 2.45) is 0 Å². The summed E-state index contributed by atoms with van der Waals surface area (Å²) >= 11 is 12.2. The summed E-state index contributed by atoms with van der Waals surface area (Å²) in [4.78, 5) is 2.04. The van der Waals surface area contributed by atoms with Crippen LogP contribution in [0.2, 0.25) is 10.0 Å². The number of halogens is 5. The van der Waals surface area contributed by atoms with E-state index in [4.69, 9.17) is 27.9 Å². The lowest BCUT2D eigenvalue weighted by Crippen LogP contribution is -2.32. The molecule has 3 aromatic carbocycles. The number of ether oxygens (including phenoxy) is 1. The van der Waals surface area contributed by atoms with E-state index in [1.54, 1.807) is 48.5 Å². The van der Waals surface area contributed by atoms with Crippen molar-refractivity contribution >= 4 is 40.7 Å². The van der Waals surface area contributed by atoms with Gasteiger partial charge in [-0.3, -0.25) is 0 Å². The number of aliphatic hydroxyl groups excluding tert-OH is 1. The van der Waals surface area contributed by atoms with E-state index in [0.29, 0.717) is 46.6 Å². The van der Waals surface area contributed by atoms with Crippen LogP contribution in [0.3, 0.4) is 0 Å². The number of benzene rings is 3. The number of aliphatic hydroxyl groups is 1. The highest BCUT2D eigenvalue weighted by molar-refractivity contribution is 8.00. The van der Waals surface area contributed by atoms with Crippen molar-refractivity contribution in [1.82, 2.24) is 0 Å². The van der Waals surface area contributed by atoms with Gasteiger partial charge in [0.1, 0.15) is 16.5 Å². The summed E-state index contributed by atoms with van der Waals surface area (Å²) in [7, 11) is 0. The first kappa shape index (κ1) is 26.5. The van der Waals surface area contributed by atoms with Gasteiger partial charge in [0, 0.05) is 29.7 Å². The average molecular weight is 530 g/mol. The summed E-state index contributed by atoms with van der Waals surface area (Å²) in [5, 5.41) is 11.1. The Bertz CT molecular complexity index is 1100. The summed E-state index contributed by atoms with van der Waals surface area (Å²) in [5.41, 5.74) is -2.91. The Morgan fingerprint density at radius 1 is 1.03 bits per heavy atom. The van der Waals surface area contributed by atoms with Crippen LogP contribution in [0.5, 0.6) is 11.5 Å². The lowest BCUT2D eigenvalue weighted by Gasteiger charge is -2.28. The van der Waals surface area contributed by atoms with Crippen LogP contribution in [0.15, 0.2) is 71.6 Å². The maximum atomic E-state index is 12.8. The summed E-state index contributed by atoms with van der Waals surface area (Å²) in [5.74, 6) is 0.916. The topological polar surface area (TPSA) is 32.7 Å². The minimum atomic E-state index is -4.36. The highest BCUT2D eigenvalue weighted by Gasteiger charge is 2.29. The molecule has 0 saturated carbocycles. The second-order valence-corrected chi connectivity index (χ2v) is 9.59. The predicted octanol–water partition coefficient (Wildman–Crippen LogP) is 8.57. The SMILES string of the molecule is CCCC(O)CN(Cc1cccc(SC(F)(F)F)c1)c1cccc(Oc2cccc(Cl)c2Cl)c1. The lowest BCUT2D eigenvalue weighted by atomic mass is 10.1. The molecule has 0 bridgehead atoms. The van der Waals surface area contributed by atoms with E-state index in [1.165, 1.54) is 12.1 Å². The van der Waals surface area contributed by atoms with Crippen molar-refractivity contribution in [3.63, 3.8) is 0 Å². The second-order valence-electron chi connectivity index (χ2n) is 7.67. The maximum absolute atomic E-state index is 12.8. The predicted molar refractivity (Wildman–Crippen MR) is 133 cm³/mol. The standard InChI is InChI=1S/C25H24Cl2F3NO2S/c1-2-6-19(32)16-31(15-17-7-3-10-21(13-17)34-25(28,29)30)18-8-4-9-20(14-18)33-23-12-5-11-22(26)24(23)27/h3-5,7-14,19,32H,2,6,15-16H2,1H3. The molecule has 3 rings (SSSR count). The van der Waals surface area contributed by atoms with Gasteiger partial charge in [0.15, 0.2) is 0 Å². The molecule has 34 heavy (non-hydrogen) atoms. The Morgan fingerprint density at radius 2 is 1.76 bits per heavy atom. The molecule has 0 radical (unpaired) electrons. The van der Waals surface area contributed by atoms with Crippen molar-refractivity contribution < 1.29 is 23.0 Å². The highest BCUT2D eigenvalue weighted by Crippen LogP contribution is 2.38. The molecule has 1 N–H and O–H groups in total. The van der Waals surface area contributed by atoms with Crippen LogP contribution >= 0.6 is 35.0 Å². The van der Waals surface area contributed by atoms with Crippen molar-refractivity contribution in [2.45, 2.75) is 42.8 Å². The molecule has 1 atom stereocenters. The van der Waals surface area contributed by atoms with Crippen molar-refractivity contribution in [3.05, 3.63) is 82.3 Å². The zero-order valence-electron chi connectivity index (χ0n) is 18.4. The van der Waals surface area contributed by atoms with Gasteiger partial charge in [0.2, 0.25) is 0 Å². The molecule has 1 unspecified atom stereocenters. The molecule has 182 valence electrons. The summed E-state index contributed by atoms with van der Waals surface area (Å²) in [6.45, 7) is 2.61. The van der Waals surface area contributed by atoms with Crippen molar-refractivity contribution in [3.8, 4) is 11.5 Å². The molecule has 0 aliphatic heterocycles. The molecule has 0 heterocycles. The van der Waals surface area contributed by atoms with E-state index in [1.807, 2.05) is 17.9 Å². The number of hydrogen-bond donors (Lipinski definition) is 1. The summed E-state index contributed by atoms with van der Waals surface area (Å²) in [6, 6.07) is 18.6. The minimum Gasteiger partial charge on any atom is -0.456 e. The second kappa shape index (κ2) is 12.1. The maximum Gasteiger partial charge on any atom is 0.446 e. The largest absolute Gasteiger partial charge is 0.456 e. The normalized spacial score (nSPS) is 12.4. The molecule has 0 fully saturated rings. The van der Waals surface area contributed by atoms with Crippen molar-refractivity contribution in [1.29, 1.82) is 0 Å². The zero-order chi connectivity index (χ0) is 24.7. The molecule has 0 aliphatic rings. The fourth-order valence-electron chi connectivity index (χ4n) is 3.44. The van der Waals surface area contributed by atoms with Crippen LogP contribution in [0.1, 0.15) is 25.3 Å². The first-order valence-electron chi connectivity index (χ1n) is 10.6. The van der Waals surface area contributed by atoms with Gasteiger partial charge < -0.3 is 14.7 Å². The zero-order valence-corrected chi connectivity index (χ0v) is 20.7. The molecule has 0 amide bonds. The van der Waals surface area contributed by atoms with Gasteiger partial charge >= 0.3 is 5.51 Å². The molecule has 9 heteroatoms. The van der Waals surface area contributed by atoms with E-state index in [9.17, 15) is 18.3 Å². The summed E-state index contributed by atoms with van der Waals surface area (Å²) in [6.07, 6.45) is 0.822. The quantitative estimate of drug-likeness (QED) is 0.266. The van der Waals surface area contributed by atoms with Gasteiger partial charge in [-0.15, -0.1) is 0 Å². The molecule has 0 spiro atoms. The fourth-order valence-corrected chi connectivity index (χ4v) is 4.39. The van der Waals surface area contributed by atoms with Gasteiger partial charge in [-0.25, -0.2) is 0 Å². The third kappa shape index (κ3) is 8.01. The first-order chi connectivity index (χ1) is 16.1. The smallest absolute Gasteiger partial charge is 0.446 e. The number of hydrogen-bond acceptors (Lipinski definition) is 4. The molecule has 3 nitrogen and oxygen atoms in total. The minimum absolute atomic E-state index is 0.117. The van der Waals surface area contributed by atoms with E-state index >= 15 is 0 Å². The molecule has 3 aromatic rings. The highest BCUT2D eigenvalue weighted by atomic mass is 35.5. The van der Waals surface area contributed by atoms with Gasteiger partial charge in [-0.2, -0.15) is 13.2 Å². The Kier molecular flexibility index (Phi) is 9.42. The van der Waals surface area contributed by atoms with E-state index in [2.05, 4.69) is 0 Å². The van der Waals surface area contributed by atoms with Gasteiger partial charge in [0.05, 0.1) is 11.1 Å². The fraction of sp³-hybridized carbons (Fsp3) is 0.280. The van der Waals surface area contributed by atoms with Crippen LogP contribution in [0.25, 0.3) is 0 Å². The van der Waals surface area contributed by atoms with E-state index in [-0.39, 0.29) is 16.7 Å². The number of anilines is 1. The van der Waals surface area contributed by atoms with Crippen LogP contribution in [0, 0.1) is 0 Å². The van der Waals surface area contributed by atoms with Crippen LogP contribution in [-0.4, -0.2) is 23.3 Å². The Morgan fingerprint density at radius 3 is 2.50 bits per heavy atom. The summed E-state index contributed by atoms with van der Waals surface area (Å²) < 4.78 is 44.4. The molecule has 0 aromatic heterocycles. The van der Waals surface area contributed by atoms with E-state index < -0.39 is 11.6 Å². The Hall–Kier alpha value is -2.06. The van der Waals surface area contributed by atoms with E-state index in [0.717, 1.165) is 12.1 Å². The monoisotopic (exact) mass is 529 g/mol. The number of thioether (sulfide) groups is 1. The van der Waals surface area contributed by atoms with Crippen LogP contribution < -0.4 is 9.64 Å². The van der Waals surface area contributed by atoms with Gasteiger partial charge in [-0.05, 0) is 60.1 Å². The third-order valence-corrected chi connectivity index (χ3v) is 6.41. The van der Waals surface area contributed by atoms with Gasteiger partial charge in [-0.1, -0.05) is 60.8 Å². The number of rotatable bonds is 10. The van der Waals surface area contributed by atoms with Crippen LogP contribution in [0.4, 0.5) is 18.9 Å². The lowest BCUT2D eigenvalue weighted by molar-refractivity contribution is -0.0328. The molecule has 0 saturated heterocycles. The van der Waals surface area contributed by atoms with Crippen LogP contribution in [-0.2, 0) is 6.54 Å². The first-order valence-corrected chi connectivity index (χ1v) is 12.2. The van der Waals surface area contributed by atoms with Crippen molar-refractivity contribution in [2.75, 3.05) is 11.4 Å². The number of nitrogens with zero attached hydrogens (tertiary/aromatic N) is 1. The Labute approximate surface area is 211 Å². The molecule has 0 aliphatic carbocycles. The molecular weight excluding hydrogens is 506 g/mol. The van der Waals surface area contributed by atoms with Gasteiger partial charge in [0.25, 0.3) is 0 Å². The average Bonchev–Trinajstić information content (AvgIpc) is 2.76. The Balaban J connectivity index is 1.86. The molecular formula is C25H24Cl2F3NO2S. The number of alkyl halides is 3.